The van der Waals surface area contributed by atoms with Crippen LogP contribution in [-0.4, -0.2) is 229 Å². The van der Waals surface area contributed by atoms with Gasteiger partial charge in [0.1, 0.15) is 18.0 Å². The molecule has 0 aliphatic carbocycles. The second-order valence-electron chi connectivity index (χ2n) is 20.7. The Hall–Kier alpha value is -8.28. The van der Waals surface area contributed by atoms with Crippen LogP contribution in [0.4, 0.5) is 10.5 Å². The molecule has 86 heavy (non-hydrogen) atoms. The van der Waals surface area contributed by atoms with E-state index in [0.29, 0.717) is 69.3 Å². The molecule has 1 saturated heterocycles. The monoisotopic (exact) mass is 1200 g/mol. The fourth-order valence-electron chi connectivity index (χ4n) is 9.26. The van der Waals surface area contributed by atoms with Gasteiger partial charge in [-0.15, -0.1) is 0 Å². The van der Waals surface area contributed by atoms with E-state index in [9.17, 15) is 63.6 Å². The summed E-state index contributed by atoms with van der Waals surface area (Å²) in [4.78, 5) is 123. The molecule has 0 aromatic heterocycles. The largest absolute Gasteiger partial charge is 0.508 e. The number of carboxylic acid groups (broad SMARTS) is 3. The molecule has 2 unspecified atom stereocenters. The number of carbonyl (C=O) groups is 9. The van der Waals surface area contributed by atoms with Crippen LogP contribution >= 0.6 is 0 Å². The van der Waals surface area contributed by atoms with E-state index in [2.05, 4.69) is 47.5 Å². The first-order valence-corrected chi connectivity index (χ1v) is 29.0. The van der Waals surface area contributed by atoms with Crippen LogP contribution in [0.1, 0.15) is 74.5 Å². The van der Waals surface area contributed by atoms with E-state index in [-0.39, 0.29) is 128 Å². The van der Waals surface area contributed by atoms with Gasteiger partial charge in [0, 0.05) is 104 Å². The molecule has 0 bridgehead atoms. The number of nitrogens with zero attached hydrogens (tertiary/aromatic N) is 5. The normalized spacial score (nSPS) is 15.4. The number of anilines is 1. The number of nitrogens with two attached hydrogens (primary N) is 2. The number of nitrogens with one attached hydrogen (secondary N) is 8. The number of urea groups is 1. The highest BCUT2D eigenvalue weighted by molar-refractivity contribution is 5.95. The van der Waals surface area contributed by atoms with E-state index in [1.807, 2.05) is 59.5 Å². The predicted octanol–water partition coefficient (Wildman–Crippen LogP) is -0.749. The Kier molecular flexibility index (Phi) is 32.1. The molecule has 28 heteroatoms. The Morgan fingerprint density at radius 1 is 0.616 bits per heavy atom. The smallest absolute Gasteiger partial charge is 0.321 e. The van der Waals surface area contributed by atoms with E-state index in [1.54, 1.807) is 33.8 Å². The average Bonchev–Trinajstić information content (AvgIpc) is 3.36. The Labute approximate surface area is 501 Å². The van der Waals surface area contributed by atoms with Crippen molar-refractivity contribution in [3.8, 4) is 5.75 Å². The lowest BCUT2D eigenvalue weighted by Gasteiger charge is -2.35. The molecule has 0 saturated carbocycles. The summed E-state index contributed by atoms with van der Waals surface area (Å²) in [6.07, 6.45) is 2.85. The van der Waals surface area contributed by atoms with Gasteiger partial charge in [-0.05, 0) is 79.6 Å². The molecule has 4 atom stereocenters. The van der Waals surface area contributed by atoms with Crippen LogP contribution < -0.4 is 54.0 Å². The third-order valence-electron chi connectivity index (χ3n) is 14.0. The summed E-state index contributed by atoms with van der Waals surface area (Å²) in [6.45, 7) is 4.85. The lowest BCUT2D eigenvalue weighted by Crippen LogP contribution is -2.54. The molecule has 1 aliphatic rings. The maximum Gasteiger partial charge on any atom is 0.321 e. The summed E-state index contributed by atoms with van der Waals surface area (Å²) in [7, 11) is 0. The fourth-order valence-corrected chi connectivity index (χ4v) is 9.26. The molecular weight excluding hydrogens is 1110 g/mol. The summed E-state index contributed by atoms with van der Waals surface area (Å²) in [5.41, 5.74) is 15.0. The molecule has 16 N–H and O–H groups in total. The van der Waals surface area contributed by atoms with Gasteiger partial charge in [-0.2, -0.15) is 0 Å². The van der Waals surface area contributed by atoms with Crippen LogP contribution in [0.25, 0.3) is 0 Å². The average molecular weight is 1200 g/mol. The van der Waals surface area contributed by atoms with Crippen molar-refractivity contribution in [1.29, 1.82) is 0 Å². The van der Waals surface area contributed by atoms with Gasteiger partial charge < -0.3 is 68.6 Å². The van der Waals surface area contributed by atoms with Gasteiger partial charge in [0.2, 0.25) is 23.6 Å². The Bertz CT molecular complexity index is 2600. The second-order valence-corrected chi connectivity index (χ2v) is 20.7. The van der Waals surface area contributed by atoms with Crippen LogP contribution in [0.5, 0.6) is 5.75 Å². The van der Waals surface area contributed by atoms with E-state index in [0.717, 1.165) is 17.5 Å². The molecule has 28 nitrogen and oxygen atoms in total. The summed E-state index contributed by atoms with van der Waals surface area (Å²) in [5.74, 6) is -5.37. The Balaban J connectivity index is 1.26. The molecule has 3 aromatic carbocycles. The first-order chi connectivity index (χ1) is 41.3. The second kappa shape index (κ2) is 39.4. The van der Waals surface area contributed by atoms with Crippen molar-refractivity contribution in [3.05, 3.63) is 95.6 Å². The first kappa shape index (κ1) is 70.2. The third-order valence-corrected chi connectivity index (χ3v) is 14.0. The van der Waals surface area contributed by atoms with Crippen LogP contribution in [-0.2, 0) is 44.9 Å². The highest BCUT2D eigenvalue weighted by Gasteiger charge is 2.29. The number of unbranched alkanes of at least 4 members (excludes halogenated alkanes) is 1. The number of aliphatic imine (C=N–C) groups is 1. The van der Waals surface area contributed by atoms with Gasteiger partial charge in [0.25, 0.3) is 0 Å². The molecule has 3 aromatic rings. The van der Waals surface area contributed by atoms with Crippen LogP contribution in [0.15, 0.2) is 83.9 Å². The number of aldehydes is 1. The number of amides is 6. The number of hydrogen-bond donors (Lipinski definition) is 14. The zero-order valence-corrected chi connectivity index (χ0v) is 48.9. The molecule has 0 spiro atoms. The highest BCUT2D eigenvalue weighted by atomic mass is 16.4. The van der Waals surface area contributed by atoms with Crippen LogP contribution in [0.2, 0.25) is 0 Å². The van der Waals surface area contributed by atoms with Gasteiger partial charge in [-0.1, -0.05) is 67.9 Å². The minimum absolute atomic E-state index is 0.0757. The molecule has 1 heterocycles. The zero-order valence-electron chi connectivity index (χ0n) is 48.9. The summed E-state index contributed by atoms with van der Waals surface area (Å²) >= 11 is 0. The van der Waals surface area contributed by atoms with Crippen LogP contribution in [0.3, 0.4) is 0 Å². The van der Waals surface area contributed by atoms with Crippen LogP contribution in [0, 0.1) is 0 Å². The van der Waals surface area contributed by atoms with Gasteiger partial charge >= 0.3 is 23.9 Å². The molecular formula is C58H87N15O13. The van der Waals surface area contributed by atoms with E-state index in [1.165, 1.54) is 12.1 Å². The van der Waals surface area contributed by atoms with Crippen molar-refractivity contribution in [1.82, 2.24) is 56.8 Å². The summed E-state index contributed by atoms with van der Waals surface area (Å²) < 4.78 is 0. The van der Waals surface area contributed by atoms with Gasteiger partial charge in [-0.3, -0.25) is 68.8 Å². The lowest BCUT2D eigenvalue weighted by molar-refractivity contribution is -0.140. The standard InChI is InChI=1S/C58H87N15O13/c1-2-49(76)63-26-27-66-58(86)69-57(60)65-23-8-13-47(55(84)67-36-41-14-20-45(75)21-15-41)68-56(85)53(42-10-4-3-5-11-42)43-16-18-44(19-17-43)61-24-9-25-64-54(83)46(59)12-6-7-22-62-48(40-74)73-34-32-71(38-51(79)80)30-28-70(37-50(77)78)29-31-72(33-35-73)39-52(81)82/h3-5,10-11,14-21,40,46-48,53,61-62,75H,2,6-9,12-13,22-39,59H2,1H3,(H,63,76)(H,64,83)(H,67,84)(H,68,85)(H,77,78)(H,79,80)(H,81,82)(H4,60,65,66,69,86)/t46-,47-,48?,53?/m1/s1. The molecule has 0 radical (unpaired) electrons. The number of aromatic hydroxyl groups is 1. The minimum Gasteiger partial charge on any atom is -0.508 e. The number of benzene rings is 3. The number of hydrogen-bond acceptors (Lipinski definition) is 18. The molecule has 1 fully saturated rings. The SMILES string of the molecule is CCC(=O)NCCNC(=O)NC(N)=NCCC[C@@H](NC(=O)C(c1ccccc1)c1ccc(NCCCNC(=O)[C@H](N)CCCCNC(C=O)N2CCN(CC(=O)O)CCN(CC(=O)O)CCN(CC(=O)O)CC2)cc1)C(=O)NCc1ccc(O)cc1. The number of phenols is 1. The maximum atomic E-state index is 14.4. The van der Waals surface area contributed by atoms with Crippen molar-refractivity contribution in [2.24, 2.45) is 16.5 Å². The lowest BCUT2D eigenvalue weighted by atomic mass is 9.90. The predicted molar refractivity (Wildman–Crippen MR) is 322 cm³/mol. The number of rotatable bonds is 35. The fraction of sp³-hybridized carbons (Fsp3) is 0.517. The molecule has 4 rings (SSSR count). The van der Waals surface area contributed by atoms with E-state index >= 15 is 0 Å². The number of carboxylic acids is 3. The first-order valence-electron chi connectivity index (χ1n) is 29.0. The Morgan fingerprint density at radius 2 is 1.20 bits per heavy atom. The molecule has 6 amide bonds. The number of aliphatic carboxylic acids is 3. The minimum atomic E-state index is -1.05. The number of guanidine groups is 1. The molecule has 472 valence electrons. The topological polar surface area (TPSA) is 408 Å². The Morgan fingerprint density at radius 3 is 1.78 bits per heavy atom. The molecule has 1 aliphatic heterocycles. The summed E-state index contributed by atoms with van der Waals surface area (Å²) in [5, 5.41) is 61.2. The number of carbonyl (C=O) groups excluding carboxylic acids is 6. The van der Waals surface area contributed by atoms with Gasteiger partial charge in [-0.25, -0.2) is 4.79 Å². The van der Waals surface area contributed by atoms with E-state index in [4.69, 9.17) is 11.5 Å². The van der Waals surface area contributed by atoms with Crippen molar-refractivity contribution < 1.29 is 63.6 Å². The van der Waals surface area contributed by atoms with Crippen molar-refractivity contribution in [2.75, 3.05) is 117 Å². The van der Waals surface area contributed by atoms with Crippen molar-refractivity contribution in [3.63, 3.8) is 0 Å². The van der Waals surface area contributed by atoms with Gasteiger partial charge in [0.15, 0.2) is 12.2 Å². The van der Waals surface area contributed by atoms with Crippen molar-refractivity contribution >= 4 is 65.5 Å². The zero-order chi connectivity index (χ0) is 62.6. The van der Waals surface area contributed by atoms with Crippen molar-refractivity contribution in [2.45, 2.75) is 82.6 Å². The maximum absolute atomic E-state index is 14.4. The van der Waals surface area contributed by atoms with E-state index < -0.39 is 59.9 Å². The quantitative estimate of drug-likeness (QED) is 0.0149. The summed E-state index contributed by atoms with van der Waals surface area (Å²) in [6, 6.07) is 20.4. The third kappa shape index (κ3) is 28.1. The van der Waals surface area contributed by atoms with Gasteiger partial charge in [0.05, 0.1) is 31.6 Å². The number of phenolic OH excluding ortho intramolecular Hbond substituents is 1. The highest BCUT2D eigenvalue weighted by Crippen LogP contribution is 2.27.